The lowest BCUT2D eigenvalue weighted by Crippen LogP contribution is -2.37. The van der Waals surface area contributed by atoms with E-state index in [4.69, 9.17) is 5.11 Å². The van der Waals surface area contributed by atoms with Gasteiger partial charge in [-0.3, -0.25) is 0 Å². The lowest BCUT2D eigenvalue weighted by atomic mass is 10.1. The fourth-order valence-corrected chi connectivity index (χ4v) is 1.90. The van der Waals surface area contributed by atoms with E-state index in [-0.39, 0.29) is 23.0 Å². The van der Waals surface area contributed by atoms with E-state index in [0.717, 1.165) is 18.9 Å². The minimum atomic E-state index is -1.21. The molecule has 0 bridgehead atoms. The molecule has 1 unspecified atom stereocenters. The van der Waals surface area contributed by atoms with Gasteiger partial charge in [0.2, 0.25) is 0 Å². The van der Waals surface area contributed by atoms with Crippen molar-refractivity contribution in [1.29, 1.82) is 0 Å². The fourth-order valence-electron chi connectivity index (χ4n) is 1.90. The molecule has 4 N–H and O–H groups in total. The first-order valence-corrected chi connectivity index (χ1v) is 6.11. The van der Waals surface area contributed by atoms with Gasteiger partial charge in [-0.2, -0.15) is 0 Å². The highest BCUT2D eigenvalue weighted by Crippen LogP contribution is 2.32. The lowest BCUT2D eigenvalue weighted by molar-refractivity contribution is 0.0697. The molecular weight excluding hydrogens is 248 g/mol. The van der Waals surface area contributed by atoms with Crippen molar-refractivity contribution in [2.75, 3.05) is 5.32 Å². The zero-order valence-corrected chi connectivity index (χ0v) is 10.5. The summed E-state index contributed by atoms with van der Waals surface area (Å²) in [4.78, 5) is 22.8. The number of hydrogen-bond donors (Lipinski definition) is 4. The molecule has 1 aromatic carbocycles. The Morgan fingerprint density at radius 1 is 1.37 bits per heavy atom. The van der Waals surface area contributed by atoms with Crippen LogP contribution in [0, 0.1) is 5.92 Å². The van der Waals surface area contributed by atoms with Crippen LogP contribution in [-0.4, -0.2) is 28.3 Å². The number of nitrogens with one attached hydrogen (secondary N) is 2. The molecule has 0 aliphatic heterocycles. The van der Waals surface area contributed by atoms with Gasteiger partial charge in [0, 0.05) is 6.04 Å². The summed E-state index contributed by atoms with van der Waals surface area (Å²) in [5.74, 6) is -0.847. The molecule has 1 fully saturated rings. The lowest BCUT2D eigenvalue weighted by Gasteiger charge is -2.14. The van der Waals surface area contributed by atoms with E-state index >= 15 is 0 Å². The Balaban J connectivity index is 2.05. The summed E-state index contributed by atoms with van der Waals surface area (Å²) >= 11 is 0. The second-order valence-corrected chi connectivity index (χ2v) is 4.76. The predicted octanol–water partition coefficient (Wildman–Crippen LogP) is 2.01. The molecule has 0 saturated heterocycles. The molecule has 0 aromatic heterocycles. The van der Waals surface area contributed by atoms with Gasteiger partial charge in [0.1, 0.15) is 5.75 Å². The standard InChI is InChI=1S/C13H16N2O4/c1-7(8-2-3-8)14-13(19)15-11-5-4-9(16)6-10(11)12(17)18/h4-8,16H,2-3H2,1H3,(H,17,18)(H2,14,15,19). The zero-order chi connectivity index (χ0) is 14.0. The summed E-state index contributed by atoms with van der Waals surface area (Å²) in [7, 11) is 0. The summed E-state index contributed by atoms with van der Waals surface area (Å²) in [5, 5.41) is 23.5. The summed E-state index contributed by atoms with van der Waals surface area (Å²) in [6, 6.07) is 3.42. The SMILES string of the molecule is CC(NC(=O)Nc1ccc(O)cc1C(=O)O)C1CC1. The molecule has 0 spiro atoms. The number of carbonyl (C=O) groups is 2. The number of aromatic carboxylic acids is 1. The second kappa shape index (κ2) is 5.17. The van der Waals surface area contributed by atoms with E-state index in [9.17, 15) is 14.7 Å². The third kappa shape index (κ3) is 3.37. The van der Waals surface area contributed by atoms with Gasteiger partial charge in [-0.25, -0.2) is 9.59 Å². The maximum atomic E-state index is 11.7. The first-order chi connectivity index (χ1) is 8.97. The van der Waals surface area contributed by atoms with Gasteiger partial charge in [0.15, 0.2) is 0 Å². The molecule has 1 atom stereocenters. The van der Waals surface area contributed by atoms with Crippen molar-refractivity contribution in [1.82, 2.24) is 5.32 Å². The van der Waals surface area contributed by atoms with Gasteiger partial charge >= 0.3 is 12.0 Å². The highest BCUT2D eigenvalue weighted by molar-refractivity contribution is 6.00. The van der Waals surface area contributed by atoms with E-state index in [0.29, 0.717) is 5.92 Å². The molecule has 2 rings (SSSR count). The number of aromatic hydroxyl groups is 1. The number of carboxylic acids is 1. The van der Waals surface area contributed by atoms with Crippen LogP contribution >= 0.6 is 0 Å². The monoisotopic (exact) mass is 264 g/mol. The quantitative estimate of drug-likeness (QED) is 0.625. The number of phenols is 1. The van der Waals surface area contributed by atoms with Crippen LogP contribution < -0.4 is 10.6 Å². The number of rotatable bonds is 4. The molecule has 19 heavy (non-hydrogen) atoms. The third-order valence-corrected chi connectivity index (χ3v) is 3.17. The minimum absolute atomic E-state index is 0.0744. The van der Waals surface area contributed by atoms with E-state index in [1.54, 1.807) is 0 Å². The zero-order valence-electron chi connectivity index (χ0n) is 10.5. The van der Waals surface area contributed by atoms with Gasteiger partial charge in [-0.05, 0) is 43.9 Å². The third-order valence-electron chi connectivity index (χ3n) is 3.17. The molecule has 1 aliphatic carbocycles. The van der Waals surface area contributed by atoms with E-state index < -0.39 is 12.0 Å². The number of carboxylic acid groups (broad SMARTS) is 1. The van der Waals surface area contributed by atoms with Crippen LogP contribution in [0.4, 0.5) is 10.5 Å². The molecule has 1 aromatic rings. The van der Waals surface area contributed by atoms with Gasteiger partial charge in [-0.1, -0.05) is 0 Å². The Kier molecular flexibility index (Phi) is 3.59. The summed E-state index contributed by atoms with van der Waals surface area (Å²) < 4.78 is 0. The maximum absolute atomic E-state index is 11.7. The van der Waals surface area contributed by atoms with E-state index in [1.807, 2.05) is 6.92 Å². The van der Waals surface area contributed by atoms with Crippen molar-refractivity contribution in [3.8, 4) is 5.75 Å². The summed E-state index contributed by atoms with van der Waals surface area (Å²) in [5.41, 5.74) is 0.0139. The van der Waals surface area contributed by atoms with Crippen molar-refractivity contribution in [3.05, 3.63) is 23.8 Å². The number of phenolic OH excluding ortho intramolecular Hbond substituents is 1. The van der Waals surface area contributed by atoms with E-state index in [1.165, 1.54) is 12.1 Å². The maximum Gasteiger partial charge on any atom is 0.337 e. The molecular formula is C13H16N2O4. The number of anilines is 1. The molecule has 0 radical (unpaired) electrons. The number of benzene rings is 1. The van der Waals surface area contributed by atoms with Gasteiger partial charge in [0.05, 0.1) is 11.3 Å². The number of carbonyl (C=O) groups excluding carboxylic acids is 1. The topological polar surface area (TPSA) is 98.7 Å². The van der Waals surface area contributed by atoms with Crippen molar-refractivity contribution in [2.24, 2.45) is 5.92 Å². The second-order valence-electron chi connectivity index (χ2n) is 4.76. The molecule has 102 valence electrons. The van der Waals surface area contributed by atoms with Gasteiger partial charge < -0.3 is 20.8 Å². The van der Waals surface area contributed by atoms with Crippen LogP contribution in [0.25, 0.3) is 0 Å². The van der Waals surface area contributed by atoms with Crippen molar-refractivity contribution < 1.29 is 19.8 Å². The largest absolute Gasteiger partial charge is 0.508 e. The fraction of sp³-hybridized carbons (Fsp3) is 0.385. The Morgan fingerprint density at radius 2 is 2.05 bits per heavy atom. The smallest absolute Gasteiger partial charge is 0.337 e. The van der Waals surface area contributed by atoms with Gasteiger partial charge in [-0.15, -0.1) is 0 Å². The molecule has 6 heteroatoms. The average Bonchev–Trinajstić information content (AvgIpc) is 3.15. The highest BCUT2D eigenvalue weighted by atomic mass is 16.4. The molecule has 6 nitrogen and oxygen atoms in total. The molecule has 1 saturated carbocycles. The number of urea groups is 1. The van der Waals surface area contributed by atoms with Crippen LogP contribution in [-0.2, 0) is 0 Å². The number of amides is 2. The Hall–Kier alpha value is -2.24. The van der Waals surface area contributed by atoms with Crippen LogP contribution in [0.5, 0.6) is 5.75 Å². The van der Waals surface area contributed by atoms with Crippen molar-refractivity contribution in [2.45, 2.75) is 25.8 Å². The Labute approximate surface area is 110 Å². The van der Waals surface area contributed by atoms with Crippen LogP contribution in [0.3, 0.4) is 0 Å². The van der Waals surface area contributed by atoms with Crippen molar-refractivity contribution in [3.63, 3.8) is 0 Å². The summed E-state index contributed by atoms with van der Waals surface area (Å²) in [6.07, 6.45) is 2.22. The first-order valence-electron chi connectivity index (χ1n) is 6.11. The number of hydrogen-bond acceptors (Lipinski definition) is 3. The molecule has 0 heterocycles. The van der Waals surface area contributed by atoms with Crippen LogP contribution in [0.1, 0.15) is 30.1 Å². The van der Waals surface area contributed by atoms with Crippen LogP contribution in [0.2, 0.25) is 0 Å². The normalized spacial score (nSPS) is 15.6. The molecule has 2 amide bonds. The Bertz CT molecular complexity index is 511. The van der Waals surface area contributed by atoms with Crippen molar-refractivity contribution >= 4 is 17.7 Å². The summed E-state index contributed by atoms with van der Waals surface area (Å²) in [6.45, 7) is 1.92. The molecule has 1 aliphatic rings. The van der Waals surface area contributed by atoms with Gasteiger partial charge in [0.25, 0.3) is 0 Å². The minimum Gasteiger partial charge on any atom is -0.508 e. The average molecular weight is 264 g/mol. The van der Waals surface area contributed by atoms with Crippen LogP contribution in [0.15, 0.2) is 18.2 Å². The Morgan fingerprint density at radius 3 is 2.63 bits per heavy atom. The van der Waals surface area contributed by atoms with E-state index in [2.05, 4.69) is 10.6 Å². The highest BCUT2D eigenvalue weighted by Gasteiger charge is 2.29. The predicted molar refractivity (Wildman–Crippen MR) is 69.4 cm³/mol. The first kappa shape index (κ1) is 13.2.